The van der Waals surface area contributed by atoms with Crippen molar-refractivity contribution >= 4 is 22.7 Å². The van der Waals surface area contributed by atoms with Crippen molar-refractivity contribution in [3.8, 4) is 11.8 Å². The molecule has 2 rings (SSSR count). The molecular formula is C10H7NO2S. The van der Waals surface area contributed by atoms with Crippen molar-refractivity contribution in [1.29, 1.82) is 5.26 Å². The van der Waals surface area contributed by atoms with Gasteiger partial charge < -0.3 is 9.52 Å². The molecule has 0 aliphatic rings. The van der Waals surface area contributed by atoms with Crippen LogP contribution in [0.1, 0.15) is 5.56 Å². The third-order valence-corrected chi connectivity index (χ3v) is 2.59. The minimum absolute atomic E-state index is 0.141. The summed E-state index contributed by atoms with van der Waals surface area (Å²) < 4.78 is 5.42. The van der Waals surface area contributed by atoms with Gasteiger partial charge in [0.2, 0.25) is 0 Å². The lowest BCUT2D eigenvalue weighted by atomic mass is 10.2. The maximum atomic E-state index is 9.27. The first-order chi connectivity index (χ1) is 6.76. The molecule has 1 aromatic carbocycles. The van der Waals surface area contributed by atoms with Gasteiger partial charge in [-0.1, -0.05) is 11.8 Å². The lowest BCUT2D eigenvalue weighted by molar-refractivity contribution is 0.475. The van der Waals surface area contributed by atoms with Crippen LogP contribution in [0.5, 0.6) is 5.75 Å². The Kier molecular flexibility index (Phi) is 2.10. The van der Waals surface area contributed by atoms with Gasteiger partial charge >= 0.3 is 0 Å². The van der Waals surface area contributed by atoms with E-state index in [1.807, 2.05) is 6.26 Å². The van der Waals surface area contributed by atoms with Crippen LogP contribution < -0.4 is 0 Å². The third-order valence-electron chi connectivity index (χ3n) is 1.94. The molecule has 14 heavy (non-hydrogen) atoms. The Morgan fingerprint density at radius 3 is 2.93 bits per heavy atom. The fraction of sp³-hybridized carbons (Fsp3) is 0.100. The van der Waals surface area contributed by atoms with Crippen LogP contribution in [-0.2, 0) is 0 Å². The fourth-order valence-corrected chi connectivity index (χ4v) is 1.85. The Bertz CT molecular complexity index is 525. The van der Waals surface area contributed by atoms with Gasteiger partial charge in [0.1, 0.15) is 23.0 Å². The highest BCUT2D eigenvalue weighted by atomic mass is 32.2. The second-order valence-electron chi connectivity index (χ2n) is 2.76. The monoisotopic (exact) mass is 205 g/mol. The standard InChI is InChI=1S/C10H7NO2S/c1-14-10-8(5-11)7-4-6(12)2-3-9(7)13-10/h2-4,12H,1H3. The molecule has 0 aliphatic heterocycles. The molecule has 2 aromatic rings. The number of nitrogens with zero attached hydrogens (tertiary/aromatic N) is 1. The molecule has 0 atom stereocenters. The van der Waals surface area contributed by atoms with Crippen molar-refractivity contribution in [1.82, 2.24) is 0 Å². The summed E-state index contributed by atoms with van der Waals surface area (Å²) in [6.07, 6.45) is 1.85. The van der Waals surface area contributed by atoms with Gasteiger partial charge in [-0.2, -0.15) is 5.26 Å². The quantitative estimate of drug-likeness (QED) is 0.727. The molecule has 0 saturated carbocycles. The number of hydrogen-bond donors (Lipinski definition) is 1. The largest absolute Gasteiger partial charge is 0.508 e. The average molecular weight is 205 g/mol. The fourth-order valence-electron chi connectivity index (χ4n) is 1.31. The van der Waals surface area contributed by atoms with E-state index in [2.05, 4.69) is 6.07 Å². The van der Waals surface area contributed by atoms with Gasteiger partial charge in [-0.05, 0) is 24.5 Å². The van der Waals surface area contributed by atoms with E-state index in [0.29, 0.717) is 21.6 Å². The Hall–Kier alpha value is -1.60. The zero-order valence-electron chi connectivity index (χ0n) is 7.44. The molecule has 0 unspecified atom stereocenters. The molecule has 0 amide bonds. The highest BCUT2D eigenvalue weighted by molar-refractivity contribution is 7.98. The summed E-state index contributed by atoms with van der Waals surface area (Å²) in [5.74, 6) is 0.141. The molecule has 0 radical (unpaired) electrons. The second kappa shape index (κ2) is 3.28. The van der Waals surface area contributed by atoms with E-state index < -0.39 is 0 Å². The predicted octanol–water partition coefficient (Wildman–Crippen LogP) is 2.73. The molecule has 4 heteroatoms. The van der Waals surface area contributed by atoms with Crippen LogP contribution in [0.4, 0.5) is 0 Å². The molecule has 0 fully saturated rings. The van der Waals surface area contributed by atoms with Crippen molar-refractivity contribution in [2.45, 2.75) is 5.09 Å². The number of thioether (sulfide) groups is 1. The molecule has 1 heterocycles. The molecule has 1 N–H and O–H groups in total. The van der Waals surface area contributed by atoms with Crippen LogP contribution in [0.3, 0.4) is 0 Å². The molecule has 0 spiro atoms. The summed E-state index contributed by atoms with van der Waals surface area (Å²) in [6, 6.07) is 6.81. The number of hydrogen-bond acceptors (Lipinski definition) is 4. The van der Waals surface area contributed by atoms with Crippen LogP contribution in [-0.4, -0.2) is 11.4 Å². The Labute approximate surface area is 84.9 Å². The van der Waals surface area contributed by atoms with E-state index >= 15 is 0 Å². The Morgan fingerprint density at radius 1 is 1.50 bits per heavy atom. The van der Waals surface area contributed by atoms with Crippen LogP contribution >= 0.6 is 11.8 Å². The van der Waals surface area contributed by atoms with Crippen LogP contribution in [0.15, 0.2) is 27.7 Å². The van der Waals surface area contributed by atoms with Crippen molar-refractivity contribution < 1.29 is 9.52 Å². The molecule has 0 saturated heterocycles. The normalized spacial score (nSPS) is 10.3. The molecule has 0 aliphatic carbocycles. The number of fused-ring (bicyclic) bond motifs is 1. The number of rotatable bonds is 1. The zero-order chi connectivity index (χ0) is 10.1. The number of aromatic hydroxyl groups is 1. The van der Waals surface area contributed by atoms with E-state index in [0.717, 1.165) is 0 Å². The summed E-state index contributed by atoms with van der Waals surface area (Å²) in [5, 5.41) is 19.5. The summed E-state index contributed by atoms with van der Waals surface area (Å²) in [7, 11) is 0. The Morgan fingerprint density at radius 2 is 2.29 bits per heavy atom. The van der Waals surface area contributed by atoms with E-state index in [4.69, 9.17) is 9.68 Å². The lowest BCUT2D eigenvalue weighted by Crippen LogP contribution is -1.72. The lowest BCUT2D eigenvalue weighted by Gasteiger charge is -1.89. The van der Waals surface area contributed by atoms with Crippen LogP contribution in [0.25, 0.3) is 11.0 Å². The maximum Gasteiger partial charge on any atom is 0.179 e. The van der Waals surface area contributed by atoms with Crippen molar-refractivity contribution in [2.75, 3.05) is 6.26 Å². The molecule has 3 nitrogen and oxygen atoms in total. The smallest absolute Gasteiger partial charge is 0.179 e. The molecule has 0 bridgehead atoms. The number of phenolic OH excluding ortho intramolecular Hbond substituents is 1. The van der Waals surface area contributed by atoms with E-state index in [-0.39, 0.29) is 5.75 Å². The summed E-state index contributed by atoms with van der Waals surface area (Å²) in [5.41, 5.74) is 1.12. The average Bonchev–Trinajstić information content (AvgIpc) is 2.54. The first-order valence-corrected chi connectivity index (χ1v) is 5.18. The highest BCUT2D eigenvalue weighted by Crippen LogP contribution is 2.32. The topological polar surface area (TPSA) is 57.2 Å². The minimum atomic E-state index is 0.141. The first-order valence-electron chi connectivity index (χ1n) is 3.96. The number of benzene rings is 1. The van der Waals surface area contributed by atoms with Gasteiger partial charge in [0, 0.05) is 5.39 Å². The number of furan rings is 1. The van der Waals surface area contributed by atoms with Crippen molar-refractivity contribution in [3.05, 3.63) is 23.8 Å². The van der Waals surface area contributed by atoms with E-state index in [1.165, 1.54) is 23.9 Å². The van der Waals surface area contributed by atoms with Gasteiger partial charge in [-0.3, -0.25) is 0 Å². The van der Waals surface area contributed by atoms with E-state index in [9.17, 15) is 5.11 Å². The predicted molar refractivity (Wildman–Crippen MR) is 54.4 cm³/mol. The van der Waals surface area contributed by atoms with Crippen molar-refractivity contribution in [2.24, 2.45) is 0 Å². The first kappa shape index (κ1) is 8.97. The molecule has 1 aromatic heterocycles. The van der Waals surface area contributed by atoms with Gasteiger partial charge in [0.15, 0.2) is 5.09 Å². The number of nitriles is 1. The SMILES string of the molecule is CSc1oc2ccc(O)cc2c1C#N. The van der Waals surface area contributed by atoms with Gasteiger partial charge in [-0.25, -0.2) is 0 Å². The second-order valence-corrected chi connectivity index (χ2v) is 3.54. The van der Waals surface area contributed by atoms with Crippen molar-refractivity contribution in [3.63, 3.8) is 0 Å². The van der Waals surface area contributed by atoms with Crippen LogP contribution in [0, 0.1) is 11.3 Å². The third kappa shape index (κ3) is 1.22. The molecular weight excluding hydrogens is 198 g/mol. The number of phenols is 1. The Balaban J connectivity index is 2.83. The highest BCUT2D eigenvalue weighted by Gasteiger charge is 2.13. The maximum absolute atomic E-state index is 9.27. The van der Waals surface area contributed by atoms with Gasteiger partial charge in [0.25, 0.3) is 0 Å². The van der Waals surface area contributed by atoms with Gasteiger partial charge in [0.05, 0.1) is 0 Å². The summed E-state index contributed by atoms with van der Waals surface area (Å²) in [4.78, 5) is 0. The van der Waals surface area contributed by atoms with Crippen LogP contribution in [0.2, 0.25) is 0 Å². The summed E-state index contributed by atoms with van der Waals surface area (Å²) in [6.45, 7) is 0. The molecule has 70 valence electrons. The van der Waals surface area contributed by atoms with E-state index in [1.54, 1.807) is 6.07 Å². The van der Waals surface area contributed by atoms with Gasteiger partial charge in [-0.15, -0.1) is 0 Å². The zero-order valence-corrected chi connectivity index (χ0v) is 8.26. The minimum Gasteiger partial charge on any atom is -0.508 e. The summed E-state index contributed by atoms with van der Waals surface area (Å²) >= 11 is 1.38.